The molecular weight excluding hydrogens is 112 g/mol. The summed E-state index contributed by atoms with van der Waals surface area (Å²) in [5.74, 6) is 0. The lowest BCUT2D eigenvalue weighted by Gasteiger charge is -2.37. The van der Waals surface area contributed by atoms with Gasteiger partial charge >= 0.3 is 0 Å². The topological polar surface area (TPSA) is 17.3 Å². The molecule has 1 rings (SSSR count). The molecule has 0 aromatic heterocycles. The third-order valence-electron chi connectivity index (χ3n) is 1.38. The predicted octanol–water partition coefficient (Wildman–Crippen LogP) is 2.03. The standard InChI is InChI=1S/C7H11N2/c1-6-4-7(2)9(3)8-5-6/h4-5H,1-3H3/q-1. The van der Waals surface area contributed by atoms with Gasteiger partial charge in [-0.3, -0.25) is 0 Å². The van der Waals surface area contributed by atoms with Crippen LogP contribution in [0.3, 0.4) is 0 Å². The lowest BCUT2D eigenvalue weighted by atomic mass is 10.2. The number of nitrogens with zero attached hydrogens (tertiary/aromatic N) is 2. The molecule has 0 unspecified atom stereocenters. The molecule has 0 atom stereocenters. The summed E-state index contributed by atoms with van der Waals surface area (Å²) in [6.45, 7) is 4.08. The van der Waals surface area contributed by atoms with E-state index in [1.54, 1.807) is 0 Å². The van der Waals surface area contributed by atoms with Crippen LogP contribution in [0.1, 0.15) is 13.8 Å². The molecule has 0 aliphatic carbocycles. The largest absolute Gasteiger partial charge is 0.601 e. The molecule has 50 valence electrons. The Bertz CT molecular complexity index is 168. The van der Waals surface area contributed by atoms with Crippen molar-refractivity contribution < 1.29 is 0 Å². The van der Waals surface area contributed by atoms with Gasteiger partial charge in [-0.25, -0.2) is 0 Å². The minimum absolute atomic E-state index is 1.19. The first kappa shape index (κ1) is 6.20. The van der Waals surface area contributed by atoms with E-state index in [1.165, 1.54) is 11.3 Å². The fourth-order valence-electron chi connectivity index (χ4n) is 0.729. The smallest absolute Gasteiger partial charge is 0.00331 e. The summed E-state index contributed by atoms with van der Waals surface area (Å²) in [7, 11) is 1.94. The van der Waals surface area contributed by atoms with Gasteiger partial charge in [0, 0.05) is 0 Å². The predicted molar refractivity (Wildman–Crippen MR) is 38.6 cm³/mol. The van der Waals surface area contributed by atoms with Crippen LogP contribution in [0.15, 0.2) is 23.5 Å². The summed E-state index contributed by atoms with van der Waals surface area (Å²) in [6.07, 6.45) is 3.96. The third-order valence-corrected chi connectivity index (χ3v) is 1.38. The summed E-state index contributed by atoms with van der Waals surface area (Å²) in [4.78, 5) is 0. The Labute approximate surface area is 55.8 Å². The van der Waals surface area contributed by atoms with E-state index in [1.807, 2.05) is 32.1 Å². The zero-order valence-corrected chi connectivity index (χ0v) is 6.05. The van der Waals surface area contributed by atoms with Crippen LogP contribution in [-0.4, -0.2) is 12.1 Å². The summed E-state index contributed by atoms with van der Waals surface area (Å²) in [5, 5.41) is 1.85. The maximum atomic E-state index is 4.09. The van der Waals surface area contributed by atoms with Crippen molar-refractivity contribution in [3.63, 3.8) is 0 Å². The first-order valence-electron chi connectivity index (χ1n) is 3.00. The first-order valence-corrected chi connectivity index (χ1v) is 3.00. The minimum atomic E-state index is 1.19. The molecule has 0 saturated heterocycles. The summed E-state index contributed by atoms with van der Waals surface area (Å²) < 4.78 is 0. The van der Waals surface area contributed by atoms with Crippen LogP contribution in [0.4, 0.5) is 0 Å². The molecule has 1 aliphatic rings. The lowest BCUT2D eigenvalue weighted by molar-refractivity contribution is 0.534. The fourth-order valence-corrected chi connectivity index (χ4v) is 0.729. The zero-order chi connectivity index (χ0) is 6.85. The number of allylic oxidation sites excluding steroid dienone is 3. The zero-order valence-electron chi connectivity index (χ0n) is 6.05. The second-order valence-corrected chi connectivity index (χ2v) is 2.30. The number of hydrogen-bond donors (Lipinski definition) is 0. The minimum Gasteiger partial charge on any atom is -0.601 e. The normalized spacial score (nSPS) is 18.3. The molecular formula is C7H11N2-. The highest BCUT2D eigenvalue weighted by Gasteiger charge is 1.91. The van der Waals surface area contributed by atoms with Crippen molar-refractivity contribution in [1.82, 2.24) is 5.01 Å². The summed E-state index contributed by atoms with van der Waals surface area (Å²) in [6, 6.07) is 0. The molecule has 1 aliphatic heterocycles. The van der Waals surface area contributed by atoms with Crippen LogP contribution >= 0.6 is 0 Å². The molecule has 2 heteroatoms. The molecule has 0 aromatic rings. The van der Waals surface area contributed by atoms with E-state index in [0.717, 1.165) is 0 Å². The van der Waals surface area contributed by atoms with Crippen molar-refractivity contribution >= 4 is 0 Å². The molecule has 0 radical (unpaired) electrons. The van der Waals surface area contributed by atoms with Crippen LogP contribution in [0.5, 0.6) is 0 Å². The van der Waals surface area contributed by atoms with Gasteiger partial charge in [0.15, 0.2) is 0 Å². The summed E-state index contributed by atoms with van der Waals surface area (Å²) >= 11 is 0. The van der Waals surface area contributed by atoms with Gasteiger partial charge in [0.1, 0.15) is 0 Å². The number of rotatable bonds is 0. The Kier molecular flexibility index (Phi) is 1.47. The molecule has 0 saturated carbocycles. The molecule has 0 fully saturated rings. The van der Waals surface area contributed by atoms with Crippen molar-refractivity contribution in [3.8, 4) is 0 Å². The van der Waals surface area contributed by atoms with Crippen molar-refractivity contribution in [2.75, 3.05) is 7.05 Å². The van der Waals surface area contributed by atoms with Crippen LogP contribution in [0.25, 0.3) is 5.43 Å². The Hall–Kier alpha value is -0.920. The lowest BCUT2D eigenvalue weighted by Crippen LogP contribution is -2.10. The van der Waals surface area contributed by atoms with E-state index < -0.39 is 0 Å². The van der Waals surface area contributed by atoms with Crippen molar-refractivity contribution in [2.45, 2.75) is 13.8 Å². The molecule has 0 amide bonds. The van der Waals surface area contributed by atoms with E-state index >= 15 is 0 Å². The molecule has 0 N–H and O–H groups in total. The van der Waals surface area contributed by atoms with E-state index in [4.69, 9.17) is 0 Å². The second kappa shape index (κ2) is 2.13. The Morgan fingerprint density at radius 1 is 1.44 bits per heavy atom. The Morgan fingerprint density at radius 2 is 2.11 bits per heavy atom. The highest BCUT2D eigenvalue weighted by atomic mass is 15.5. The van der Waals surface area contributed by atoms with Gasteiger partial charge in [-0.15, -0.1) is 0 Å². The maximum Gasteiger partial charge on any atom is -0.00331 e. The van der Waals surface area contributed by atoms with E-state index in [2.05, 4.69) is 11.5 Å². The SMILES string of the molecule is CC1=C[N-]N(C)C(C)=C1. The van der Waals surface area contributed by atoms with Gasteiger partial charge in [-0.05, 0) is 32.7 Å². The molecule has 9 heavy (non-hydrogen) atoms. The quantitative estimate of drug-likeness (QED) is 0.481. The van der Waals surface area contributed by atoms with E-state index in [0.29, 0.717) is 0 Å². The highest BCUT2D eigenvalue weighted by Crippen LogP contribution is 2.16. The molecule has 0 spiro atoms. The van der Waals surface area contributed by atoms with Crippen LogP contribution < -0.4 is 0 Å². The average molecular weight is 123 g/mol. The van der Waals surface area contributed by atoms with Gasteiger partial charge in [-0.1, -0.05) is 5.57 Å². The van der Waals surface area contributed by atoms with Gasteiger partial charge < -0.3 is 10.4 Å². The number of hydrogen-bond acceptors (Lipinski definition) is 1. The van der Waals surface area contributed by atoms with Crippen LogP contribution in [0.2, 0.25) is 0 Å². The highest BCUT2D eigenvalue weighted by molar-refractivity contribution is 5.28. The van der Waals surface area contributed by atoms with Crippen molar-refractivity contribution in [1.29, 1.82) is 0 Å². The molecule has 0 bridgehead atoms. The fraction of sp³-hybridized carbons (Fsp3) is 0.429. The Balaban J connectivity index is 2.74. The van der Waals surface area contributed by atoms with Gasteiger partial charge in [-0.2, -0.15) is 6.20 Å². The van der Waals surface area contributed by atoms with Gasteiger partial charge in [0.05, 0.1) is 0 Å². The van der Waals surface area contributed by atoms with Crippen LogP contribution in [-0.2, 0) is 0 Å². The van der Waals surface area contributed by atoms with Gasteiger partial charge in [0.25, 0.3) is 0 Å². The second-order valence-electron chi connectivity index (χ2n) is 2.30. The first-order chi connectivity index (χ1) is 4.20. The van der Waals surface area contributed by atoms with Gasteiger partial charge in [0.2, 0.25) is 0 Å². The van der Waals surface area contributed by atoms with E-state index in [9.17, 15) is 0 Å². The van der Waals surface area contributed by atoms with Crippen LogP contribution in [0, 0.1) is 0 Å². The third kappa shape index (κ3) is 1.25. The van der Waals surface area contributed by atoms with E-state index in [-0.39, 0.29) is 0 Å². The maximum absolute atomic E-state index is 4.09. The van der Waals surface area contributed by atoms with Crippen molar-refractivity contribution in [2.24, 2.45) is 0 Å². The molecule has 2 nitrogen and oxygen atoms in total. The monoisotopic (exact) mass is 123 g/mol. The molecule has 1 heterocycles. The Morgan fingerprint density at radius 3 is 2.56 bits per heavy atom. The van der Waals surface area contributed by atoms with Crippen molar-refractivity contribution in [3.05, 3.63) is 29.0 Å². The average Bonchev–Trinajstić information content (AvgIpc) is 1.80. The molecule has 0 aromatic carbocycles. The summed E-state index contributed by atoms with van der Waals surface area (Å²) in [5.41, 5.74) is 6.50.